The first-order valence-corrected chi connectivity index (χ1v) is 6.03. The summed E-state index contributed by atoms with van der Waals surface area (Å²) in [6.07, 6.45) is 1.52. The number of hydrogen-bond acceptors (Lipinski definition) is 4. The zero-order valence-electron chi connectivity index (χ0n) is 10.6. The van der Waals surface area contributed by atoms with Crippen LogP contribution in [-0.2, 0) is 0 Å². The van der Waals surface area contributed by atoms with Crippen molar-refractivity contribution in [3.63, 3.8) is 0 Å². The van der Waals surface area contributed by atoms with Crippen LogP contribution in [0.3, 0.4) is 0 Å². The van der Waals surface area contributed by atoms with Crippen molar-refractivity contribution in [1.82, 2.24) is 10.6 Å². The van der Waals surface area contributed by atoms with E-state index in [9.17, 15) is 19.3 Å². The van der Waals surface area contributed by atoms with Gasteiger partial charge in [-0.3, -0.25) is 14.9 Å². The fraction of sp³-hybridized carbons (Fsp3) is 0.417. The summed E-state index contributed by atoms with van der Waals surface area (Å²) in [5.41, 5.74) is -0.614. The molecule has 1 aromatic rings. The lowest BCUT2D eigenvalue weighted by Gasteiger charge is -2.23. The third-order valence-corrected chi connectivity index (χ3v) is 3.07. The van der Waals surface area contributed by atoms with Gasteiger partial charge in [-0.15, -0.1) is 12.4 Å². The van der Waals surface area contributed by atoms with Crippen molar-refractivity contribution >= 4 is 24.0 Å². The second-order valence-corrected chi connectivity index (χ2v) is 4.42. The van der Waals surface area contributed by atoms with Gasteiger partial charge >= 0.3 is 0 Å². The Bertz CT molecular complexity index is 507. The molecule has 1 amide bonds. The molecule has 0 atom stereocenters. The van der Waals surface area contributed by atoms with E-state index in [2.05, 4.69) is 10.6 Å². The second kappa shape index (κ2) is 7.16. The van der Waals surface area contributed by atoms with Crippen molar-refractivity contribution in [2.24, 2.45) is 0 Å². The van der Waals surface area contributed by atoms with Gasteiger partial charge in [0.15, 0.2) is 0 Å². The molecule has 8 heteroatoms. The maximum absolute atomic E-state index is 13.1. The number of nitro groups is 1. The highest BCUT2D eigenvalue weighted by molar-refractivity contribution is 5.98. The zero-order chi connectivity index (χ0) is 13.8. The smallest absolute Gasteiger partial charge is 0.282 e. The number of carbonyl (C=O) groups is 1. The summed E-state index contributed by atoms with van der Waals surface area (Å²) in [6, 6.07) is 2.84. The number of nitro benzene ring substituents is 1. The van der Waals surface area contributed by atoms with Gasteiger partial charge in [0.1, 0.15) is 11.4 Å². The summed E-state index contributed by atoms with van der Waals surface area (Å²) in [5, 5.41) is 16.7. The van der Waals surface area contributed by atoms with Crippen molar-refractivity contribution in [3.05, 3.63) is 39.7 Å². The highest BCUT2D eigenvalue weighted by Gasteiger charge is 2.23. The summed E-state index contributed by atoms with van der Waals surface area (Å²) < 4.78 is 13.1. The molecule has 0 unspecified atom stereocenters. The fourth-order valence-corrected chi connectivity index (χ4v) is 2.08. The van der Waals surface area contributed by atoms with Crippen molar-refractivity contribution in [2.45, 2.75) is 18.9 Å². The molecule has 2 N–H and O–H groups in total. The summed E-state index contributed by atoms with van der Waals surface area (Å²) in [7, 11) is 0. The standard InChI is InChI=1S/C12H14FN3O3.ClH/c13-8-1-2-11(16(18)19)10(7-8)12(17)15-9-3-5-14-6-4-9;/h1-2,7,9,14H,3-6H2,(H,15,17);1H. The molecule has 6 nitrogen and oxygen atoms in total. The largest absolute Gasteiger partial charge is 0.349 e. The van der Waals surface area contributed by atoms with E-state index in [1.807, 2.05) is 0 Å². The van der Waals surface area contributed by atoms with Gasteiger partial charge in [-0.05, 0) is 38.1 Å². The number of amides is 1. The predicted molar refractivity (Wildman–Crippen MR) is 73.7 cm³/mol. The van der Waals surface area contributed by atoms with Crippen molar-refractivity contribution in [3.8, 4) is 0 Å². The lowest BCUT2D eigenvalue weighted by atomic mass is 10.1. The molecule has 0 spiro atoms. The predicted octanol–water partition coefficient (Wildman–Crippen LogP) is 1.64. The molecule has 1 fully saturated rings. The SMILES string of the molecule is Cl.O=C(NC1CCNCC1)c1cc(F)ccc1[N+](=O)[O-]. The van der Waals surface area contributed by atoms with Crippen LogP contribution in [0.15, 0.2) is 18.2 Å². The number of rotatable bonds is 3. The summed E-state index contributed by atoms with van der Waals surface area (Å²) in [5.74, 6) is -1.26. The maximum Gasteiger partial charge on any atom is 0.282 e. The topological polar surface area (TPSA) is 84.3 Å². The number of hydrogen-bond donors (Lipinski definition) is 2. The number of halogens is 2. The van der Waals surface area contributed by atoms with Crippen molar-refractivity contribution in [1.29, 1.82) is 0 Å². The summed E-state index contributed by atoms with van der Waals surface area (Å²) in [4.78, 5) is 22.1. The first kappa shape index (κ1) is 16.3. The minimum Gasteiger partial charge on any atom is -0.349 e. The number of benzene rings is 1. The average Bonchev–Trinajstić information content (AvgIpc) is 2.39. The quantitative estimate of drug-likeness (QED) is 0.657. The van der Waals surface area contributed by atoms with Crippen molar-refractivity contribution < 1.29 is 14.1 Å². The molecule has 0 radical (unpaired) electrons. The molecule has 2 rings (SSSR count). The van der Waals surface area contributed by atoms with Crippen LogP contribution in [0.1, 0.15) is 23.2 Å². The lowest BCUT2D eigenvalue weighted by molar-refractivity contribution is -0.385. The van der Waals surface area contributed by atoms with Crippen LogP contribution in [0.2, 0.25) is 0 Å². The Kier molecular flexibility index (Phi) is 5.84. The van der Waals surface area contributed by atoms with Crippen LogP contribution < -0.4 is 10.6 Å². The van der Waals surface area contributed by atoms with E-state index in [4.69, 9.17) is 0 Å². The molecule has 20 heavy (non-hydrogen) atoms. The van der Waals surface area contributed by atoms with Gasteiger partial charge < -0.3 is 10.6 Å². The van der Waals surface area contributed by atoms with E-state index >= 15 is 0 Å². The van der Waals surface area contributed by atoms with Gasteiger partial charge in [0, 0.05) is 12.1 Å². The van der Waals surface area contributed by atoms with Crippen LogP contribution in [0.5, 0.6) is 0 Å². The van der Waals surface area contributed by atoms with Crippen LogP contribution in [0.4, 0.5) is 10.1 Å². The molecular formula is C12H15ClFN3O3. The molecule has 1 aliphatic rings. The maximum atomic E-state index is 13.1. The van der Waals surface area contributed by atoms with Gasteiger partial charge in [0.05, 0.1) is 4.92 Å². The molecule has 0 bridgehead atoms. The Morgan fingerprint density at radius 2 is 2.05 bits per heavy atom. The van der Waals surface area contributed by atoms with Crippen LogP contribution >= 0.6 is 12.4 Å². The monoisotopic (exact) mass is 303 g/mol. The number of carbonyl (C=O) groups excluding carboxylic acids is 1. The van der Waals surface area contributed by atoms with E-state index in [1.165, 1.54) is 0 Å². The molecule has 1 saturated heterocycles. The van der Waals surface area contributed by atoms with Crippen LogP contribution in [0, 0.1) is 15.9 Å². The normalized spacial score (nSPS) is 15.2. The molecule has 1 heterocycles. The molecule has 0 aliphatic carbocycles. The first-order chi connectivity index (χ1) is 9.08. The van der Waals surface area contributed by atoms with Gasteiger partial charge in [0.25, 0.3) is 11.6 Å². The molecule has 0 aromatic heterocycles. The second-order valence-electron chi connectivity index (χ2n) is 4.42. The number of nitrogens with one attached hydrogen (secondary N) is 2. The third kappa shape index (κ3) is 3.88. The molecule has 110 valence electrons. The first-order valence-electron chi connectivity index (χ1n) is 6.03. The van der Waals surface area contributed by atoms with Gasteiger partial charge in [-0.25, -0.2) is 4.39 Å². The average molecular weight is 304 g/mol. The highest BCUT2D eigenvalue weighted by atomic mass is 35.5. The zero-order valence-corrected chi connectivity index (χ0v) is 11.4. The fourth-order valence-electron chi connectivity index (χ4n) is 2.08. The summed E-state index contributed by atoms with van der Waals surface area (Å²) in [6.45, 7) is 1.58. The minimum absolute atomic E-state index is 0. The number of piperidine rings is 1. The lowest BCUT2D eigenvalue weighted by Crippen LogP contribution is -2.42. The van der Waals surface area contributed by atoms with Crippen molar-refractivity contribution in [2.75, 3.05) is 13.1 Å². The Morgan fingerprint density at radius 1 is 1.40 bits per heavy atom. The van der Waals surface area contributed by atoms with Gasteiger partial charge in [0.2, 0.25) is 0 Å². The molecule has 0 saturated carbocycles. The van der Waals surface area contributed by atoms with E-state index < -0.39 is 16.6 Å². The Hall–Kier alpha value is -1.73. The van der Waals surface area contributed by atoms with E-state index in [0.717, 1.165) is 44.1 Å². The third-order valence-electron chi connectivity index (χ3n) is 3.07. The van der Waals surface area contributed by atoms with E-state index in [0.29, 0.717) is 0 Å². The minimum atomic E-state index is -0.684. The van der Waals surface area contributed by atoms with E-state index in [1.54, 1.807) is 0 Å². The highest BCUT2D eigenvalue weighted by Crippen LogP contribution is 2.20. The Balaban J connectivity index is 0.00000200. The molecular weight excluding hydrogens is 289 g/mol. The van der Waals surface area contributed by atoms with Crippen LogP contribution in [0.25, 0.3) is 0 Å². The molecule has 1 aromatic carbocycles. The number of nitrogens with zero attached hydrogens (tertiary/aromatic N) is 1. The Labute approximate surface area is 121 Å². The Morgan fingerprint density at radius 3 is 2.65 bits per heavy atom. The van der Waals surface area contributed by atoms with Gasteiger partial charge in [-0.2, -0.15) is 0 Å². The van der Waals surface area contributed by atoms with E-state index in [-0.39, 0.29) is 29.7 Å². The van der Waals surface area contributed by atoms with Crippen LogP contribution in [-0.4, -0.2) is 30.0 Å². The molecule has 1 aliphatic heterocycles. The van der Waals surface area contributed by atoms with Gasteiger partial charge in [-0.1, -0.05) is 0 Å². The summed E-state index contributed by atoms with van der Waals surface area (Å²) >= 11 is 0.